The molecule has 2 aromatic heterocycles. The molecule has 0 spiro atoms. The lowest BCUT2D eigenvalue weighted by Gasteiger charge is -2.07. The van der Waals surface area contributed by atoms with Gasteiger partial charge in [-0.3, -0.25) is 4.79 Å². The first-order chi connectivity index (χ1) is 13.1. The summed E-state index contributed by atoms with van der Waals surface area (Å²) < 4.78 is 13.9. The molecule has 132 valence electrons. The Bertz CT molecular complexity index is 1150. The van der Waals surface area contributed by atoms with Gasteiger partial charge < -0.3 is 5.32 Å². The zero-order valence-corrected chi connectivity index (χ0v) is 15.6. The third kappa shape index (κ3) is 3.85. The van der Waals surface area contributed by atoms with Crippen molar-refractivity contribution >= 4 is 38.7 Å². The van der Waals surface area contributed by atoms with E-state index in [0.29, 0.717) is 22.7 Å². The van der Waals surface area contributed by atoms with E-state index in [1.54, 1.807) is 36.4 Å². The van der Waals surface area contributed by atoms with Crippen molar-refractivity contribution in [3.8, 4) is 11.3 Å². The standard InChI is InChI=1S/C21H13BrFN3O/c22-16-3-1-2-15(12-16)21(27)26-19-11-7-14-6-10-18(24-20(14)25-19)13-4-8-17(23)9-5-13/h1-12H,(H,24,25,26,27). The Kier molecular flexibility index (Phi) is 4.64. The second kappa shape index (κ2) is 7.25. The van der Waals surface area contributed by atoms with Crippen molar-refractivity contribution in [2.75, 3.05) is 5.32 Å². The first kappa shape index (κ1) is 17.3. The van der Waals surface area contributed by atoms with Gasteiger partial charge in [-0.2, -0.15) is 0 Å². The number of benzene rings is 2. The molecule has 4 aromatic rings. The summed E-state index contributed by atoms with van der Waals surface area (Å²) in [5, 5.41) is 3.63. The van der Waals surface area contributed by atoms with Crippen molar-refractivity contribution in [2.24, 2.45) is 0 Å². The highest BCUT2D eigenvalue weighted by Gasteiger charge is 2.09. The number of pyridine rings is 2. The maximum Gasteiger partial charge on any atom is 0.256 e. The summed E-state index contributed by atoms with van der Waals surface area (Å²) in [4.78, 5) is 21.4. The maximum absolute atomic E-state index is 13.1. The average Bonchev–Trinajstić information content (AvgIpc) is 2.68. The molecular formula is C21H13BrFN3O. The van der Waals surface area contributed by atoms with Gasteiger partial charge in [0.2, 0.25) is 0 Å². The van der Waals surface area contributed by atoms with Crippen LogP contribution in [0.4, 0.5) is 10.2 Å². The van der Waals surface area contributed by atoms with Gasteiger partial charge in [0.1, 0.15) is 11.6 Å². The van der Waals surface area contributed by atoms with Crippen LogP contribution in [-0.2, 0) is 0 Å². The molecule has 4 nitrogen and oxygen atoms in total. The van der Waals surface area contributed by atoms with E-state index in [0.717, 1.165) is 15.4 Å². The fraction of sp³-hybridized carbons (Fsp3) is 0. The molecule has 6 heteroatoms. The number of hydrogen-bond acceptors (Lipinski definition) is 3. The van der Waals surface area contributed by atoms with Crippen LogP contribution in [0.25, 0.3) is 22.3 Å². The largest absolute Gasteiger partial charge is 0.306 e. The lowest BCUT2D eigenvalue weighted by molar-refractivity contribution is 0.102. The van der Waals surface area contributed by atoms with E-state index in [2.05, 4.69) is 31.2 Å². The van der Waals surface area contributed by atoms with Gasteiger partial charge in [0.25, 0.3) is 5.91 Å². The van der Waals surface area contributed by atoms with Crippen LogP contribution in [0, 0.1) is 5.82 Å². The van der Waals surface area contributed by atoms with Crippen molar-refractivity contribution in [3.63, 3.8) is 0 Å². The normalized spacial score (nSPS) is 10.7. The highest BCUT2D eigenvalue weighted by molar-refractivity contribution is 9.10. The van der Waals surface area contributed by atoms with Crippen LogP contribution in [-0.4, -0.2) is 15.9 Å². The van der Waals surface area contributed by atoms with E-state index in [-0.39, 0.29) is 11.7 Å². The Morgan fingerprint density at radius 2 is 1.70 bits per heavy atom. The quantitative estimate of drug-likeness (QED) is 0.478. The zero-order chi connectivity index (χ0) is 18.8. The number of carbonyl (C=O) groups excluding carboxylic acids is 1. The van der Waals surface area contributed by atoms with Crippen LogP contribution in [0.15, 0.2) is 77.3 Å². The summed E-state index contributed by atoms with van der Waals surface area (Å²) in [5.74, 6) is -0.135. The molecule has 27 heavy (non-hydrogen) atoms. The van der Waals surface area contributed by atoms with Crippen molar-refractivity contribution < 1.29 is 9.18 Å². The number of aromatic nitrogens is 2. The fourth-order valence-electron chi connectivity index (χ4n) is 2.67. The minimum atomic E-state index is -0.296. The van der Waals surface area contributed by atoms with Crippen LogP contribution >= 0.6 is 15.9 Å². The zero-order valence-electron chi connectivity index (χ0n) is 14.0. The molecule has 0 radical (unpaired) electrons. The van der Waals surface area contributed by atoms with Gasteiger partial charge in [-0.15, -0.1) is 0 Å². The number of hydrogen-bond donors (Lipinski definition) is 1. The van der Waals surface area contributed by atoms with Gasteiger partial charge >= 0.3 is 0 Å². The van der Waals surface area contributed by atoms with Gasteiger partial charge in [-0.1, -0.05) is 22.0 Å². The number of nitrogens with zero attached hydrogens (tertiary/aromatic N) is 2. The first-order valence-corrected chi connectivity index (χ1v) is 8.98. The summed E-state index contributed by atoms with van der Waals surface area (Å²) in [6, 6.07) is 20.6. The predicted molar refractivity (Wildman–Crippen MR) is 107 cm³/mol. The first-order valence-electron chi connectivity index (χ1n) is 8.19. The molecule has 0 saturated carbocycles. The number of nitrogens with one attached hydrogen (secondary N) is 1. The number of rotatable bonds is 3. The molecule has 0 unspecified atom stereocenters. The third-order valence-electron chi connectivity index (χ3n) is 4.02. The second-order valence-corrected chi connectivity index (χ2v) is 6.83. The van der Waals surface area contributed by atoms with Gasteiger partial charge in [0.05, 0.1) is 5.69 Å². The lowest BCUT2D eigenvalue weighted by Crippen LogP contribution is -2.13. The van der Waals surface area contributed by atoms with E-state index in [1.165, 1.54) is 12.1 Å². The molecule has 1 N–H and O–H groups in total. The minimum absolute atomic E-state index is 0.252. The minimum Gasteiger partial charge on any atom is -0.306 e. The molecule has 0 bridgehead atoms. The van der Waals surface area contributed by atoms with Crippen LogP contribution in [0.5, 0.6) is 0 Å². The summed E-state index contributed by atoms with van der Waals surface area (Å²) in [7, 11) is 0. The summed E-state index contributed by atoms with van der Waals surface area (Å²) in [6.45, 7) is 0. The van der Waals surface area contributed by atoms with E-state index >= 15 is 0 Å². The molecule has 0 saturated heterocycles. The molecule has 0 aliphatic rings. The Labute approximate surface area is 163 Å². The van der Waals surface area contributed by atoms with Crippen LogP contribution in [0.3, 0.4) is 0 Å². The third-order valence-corrected chi connectivity index (χ3v) is 4.51. The molecule has 0 atom stereocenters. The molecule has 2 aromatic carbocycles. The number of fused-ring (bicyclic) bond motifs is 1. The van der Waals surface area contributed by atoms with E-state index < -0.39 is 0 Å². The molecule has 1 amide bonds. The Hall–Kier alpha value is -3.12. The molecule has 0 aliphatic heterocycles. The summed E-state index contributed by atoms with van der Waals surface area (Å²) >= 11 is 3.35. The topological polar surface area (TPSA) is 54.9 Å². The van der Waals surface area contributed by atoms with E-state index in [1.807, 2.05) is 24.3 Å². The molecular weight excluding hydrogens is 409 g/mol. The number of amides is 1. The molecule has 4 rings (SSSR count). The van der Waals surface area contributed by atoms with Crippen LogP contribution < -0.4 is 5.32 Å². The smallest absolute Gasteiger partial charge is 0.256 e. The van der Waals surface area contributed by atoms with Gasteiger partial charge in [-0.25, -0.2) is 14.4 Å². The van der Waals surface area contributed by atoms with Gasteiger partial charge in [0.15, 0.2) is 5.65 Å². The van der Waals surface area contributed by atoms with Gasteiger partial charge in [-0.05, 0) is 66.7 Å². The summed E-state index contributed by atoms with van der Waals surface area (Å²) in [5.41, 5.74) is 2.51. The number of halogens is 2. The van der Waals surface area contributed by atoms with Crippen molar-refractivity contribution in [1.82, 2.24) is 9.97 Å². The Morgan fingerprint density at radius 1 is 0.926 bits per heavy atom. The SMILES string of the molecule is O=C(Nc1ccc2ccc(-c3ccc(F)cc3)nc2n1)c1cccc(Br)c1. The van der Waals surface area contributed by atoms with E-state index in [9.17, 15) is 9.18 Å². The fourth-order valence-corrected chi connectivity index (χ4v) is 3.07. The monoisotopic (exact) mass is 421 g/mol. The molecule has 2 heterocycles. The average molecular weight is 422 g/mol. The van der Waals surface area contributed by atoms with E-state index in [4.69, 9.17) is 0 Å². The molecule has 0 aliphatic carbocycles. The Balaban J connectivity index is 1.64. The van der Waals surface area contributed by atoms with Crippen LogP contribution in [0.2, 0.25) is 0 Å². The highest BCUT2D eigenvalue weighted by Crippen LogP contribution is 2.22. The highest BCUT2D eigenvalue weighted by atomic mass is 79.9. The number of carbonyl (C=O) groups is 1. The van der Waals surface area contributed by atoms with Crippen molar-refractivity contribution in [1.29, 1.82) is 0 Å². The van der Waals surface area contributed by atoms with Crippen LogP contribution in [0.1, 0.15) is 10.4 Å². The predicted octanol–water partition coefficient (Wildman–Crippen LogP) is 5.45. The van der Waals surface area contributed by atoms with Crippen molar-refractivity contribution in [3.05, 3.63) is 88.6 Å². The lowest BCUT2D eigenvalue weighted by atomic mass is 10.1. The number of anilines is 1. The Morgan fingerprint density at radius 3 is 2.48 bits per heavy atom. The second-order valence-electron chi connectivity index (χ2n) is 5.91. The van der Waals surface area contributed by atoms with Crippen molar-refractivity contribution in [2.45, 2.75) is 0 Å². The van der Waals surface area contributed by atoms with Gasteiger partial charge in [0, 0.05) is 21.0 Å². The summed E-state index contributed by atoms with van der Waals surface area (Å²) in [6.07, 6.45) is 0. The maximum atomic E-state index is 13.1. The molecule has 0 fully saturated rings.